The maximum absolute atomic E-state index is 12.6. The van der Waals surface area contributed by atoms with Crippen molar-refractivity contribution in [2.45, 2.75) is 19.0 Å². The molecule has 1 aromatic heterocycles. The van der Waals surface area contributed by atoms with E-state index in [4.69, 9.17) is 26.4 Å². The Hall–Kier alpha value is -3.63. The summed E-state index contributed by atoms with van der Waals surface area (Å²) in [7, 11) is 3.64. The highest BCUT2D eigenvalue weighted by atomic mass is 32.1. The Balaban J connectivity index is 1.46. The summed E-state index contributed by atoms with van der Waals surface area (Å²) >= 11 is 5.29. The van der Waals surface area contributed by atoms with Crippen molar-refractivity contribution in [3.63, 3.8) is 0 Å². The van der Waals surface area contributed by atoms with Crippen LogP contribution in [0.5, 0.6) is 23.1 Å². The summed E-state index contributed by atoms with van der Waals surface area (Å²) in [6.45, 7) is 1.68. The van der Waals surface area contributed by atoms with E-state index in [1.807, 2.05) is 43.4 Å². The third-order valence-electron chi connectivity index (χ3n) is 6.44. The van der Waals surface area contributed by atoms with Gasteiger partial charge in [-0.2, -0.15) is 0 Å². The number of fused-ring (bicyclic) bond motifs is 2. The number of aromatic amines is 1. The standard InChI is InChI=1S/C25H26N4O5S/c1-28-9-8-16-10-19-21(34-14-33-19)22(32-2)20(16)18(28)12-26-11-17-23(30)27-25(35)29(24(17)31)13-15-6-4-3-5-7-15/h3-7,10-11,18,31H,8-9,12-14H2,1-2H3,(H,27,30,35)/t18-/m1/s1. The third-order valence-corrected chi connectivity index (χ3v) is 6.76. The van der Waals surface area contributed by atoms with Crippen molar-refractivity contribution in [2.75, 3.05) is 34.0 Å². The van der Waals surface area contributed by atoms with Crippen molar-refractivity contribution in [3.05, 3.63) is 73.8 Å². The molecule has 3 aromatic rings. The van der Waals surface area contributed by atoms with Gasteiger partial charge in [0.1, 0.15) is 5.56 Å². The lowest BCUT2D eigenvalue weighted by Crippen LogP contribution is -2.34. The Kier molecular flexibility index (Phi) is 6.31. The molecule has 1 atom stereocenters. The minimum absolute atomic E-state index is 0.0610. The molecule has 35 heavy (non-hydrogen) atoms. The van der Waals surface area contributed by atoms with Gasteiger partial charge < -0.3 is 19.3 Å². The van der Waals surface area contributed by atoms with Gasteiger partial charge in [0.15, 0.2) is 16.3 Å². The molecule has 0 saturated carbocycles. The van der Waals surface area contributed by atoms with Crippen LogP contribution in [0.2, 0.25) is 0 Å². The summed E-state index contributed by atoms with van der Waals surface area (Å²) in [6, 6.07) is 11.5. The van der Waals surface area contributed by atoms with Gasteiger partial charge in [-0.1, -0.05) is 30.3 Å². The summed E-state index contributed by atoms with van der Waals surface area (Å²) < 4.78 is 18.6. The first-order chi connectivity index (χ1) is 17.0. The zero-order valence-corrected chi connectivity index (χ0v) is 20.3. The lowest BCUT2D eigenvalue weighted by atomic mass is 9.91. The van der Waals surface area contributed by atoms with Crippen LogP contribution in [0.1, 0.15) is 28.3 Å². The highest BCUT2D eigenvalue weighted by Crippen LogP contribution is 2.49. The van der Waals surface area contributed by atoms with E-state index in [-0.39, 0.29) is 29.0 Å². The van der Waals surface area contributed by atoms with E-state index >= 15 is 0 Å². The average molecular weight is 495 g/mol. The van der Waals surface area contributed by atoms with Gasteiger partial charge in [-0.15, -0.1) is 0 Å². The van der Waals surface area contributed by atoms with Crippen LogP contribution in [0.4, 0.5) is 0 Å². The van der Waals surface area contributed by atoms with Gasteiger partial charge >= 0.3 is 0 Å². The van der Waals surface area contributed by atoms with Crippen molar-refractivity contribution in [3.8, 4) is 23.1 Å². The molecule has 2 aliphatic rings. The molecule has 2 aromatic carbocycles. The van der Waals surface area contributed by atoms with E-state index in [1.165, 1.54) is 10.8 Å². The summed E-state index contributed by atoms with van der Waals surface area (Å²) in [6.07, 6.45) is 2.26. The number of aromatic nitrogens is 2. The van der Waals surface area contributed by atoms with E-state index in [0.717, 1.165) is 29.7 Å². The quantitative estimate of drug-likeness (QED) is 0.401. The van der Waals surface area contributed by atoms with Crippen LogP contribution in [0, 0.1) is 4.77 Å². The molecule has 0 aliphatic carbocycles. The first-order valence-corrected chi connectivity index (χ1v) is 11.7. The number of aromatic hydroxyl groups is 1. The van der Waals surface area contributed by atoms with Gasteiger partial charge in [0.05, 0.1) is 26.2 Å². The topological polar surface area (TPSA) is 101 Å². The second-order valence-corrected chi connectivity index (χ2v) is 8.91. The van der Waals surface area contributed by atoms with Crippen LogP contribution in [0.15, 0.2) is 46.2 Å². The van der Waals surface area contributed by atoms with E-state index in [0.29, 0.717) is 30.3 Å². The third kappa shape index (κ3) is 4.30. The minimum Gasteiger partial charge on any atom is -0.494 e. The number of rotatable bonds is 6. The lowest BCUT2D eigenvalue weighted by Gasteiger charge is -2.35. The molecule has 0 fully saturated rings. The molecule has 0 bridgehead atoms. The van der Waals surface area contributed by atoms with Gasteiger partial charge in [0.25, 0.3) is 5.56 Å². The lowest BCUT2D eigenvalue weighted by molar-refractivity contribution is 0.170. The molecule has 5 rings (SSSR count). The van der Waals surface area contributed by atoms with Gasteiger partial charge in [-0.3, -0.25) is 24.2 Å². The molecular weight excluding hydrogens is 468 g/mol. The fourth-order valence-corrected chi connectivity index (χ4v) is 4.85. The Bertz CT molecular complexity index is 1400. The summed E-state index contributed by atoms with van der Waals surface area (Å²) in [4.78, 5) is 22.0. The van der Waals surface area contributed by atoms with Crippen molar-refractivity contribution in [1.82, 2.24) is 14.5 Å². The average Bonchev–Trinajstić information content (AvgIpc) is 3.32. The Morgan fingerprint density at radius 1 is 1.31 bits per heavy atom. The molecule has 10 heteroatoms. The Labute approximate surface area is 207 Å². The number of aliphatic imine (C=N–C) groups is 1. The monoisotopic (exact) mass is 494 g/mol. The molecule has 9 nitrogen and oxygen atoms in total. The second kappa shape index (κ2) is 9.55. The fourth-order valence-electron chi connectivity index (χ4n) is 4.60. The zero-order chi connectivity index (χ0) is 24.5. The first kappa shape index (κ1) is 23.1. The highest BCUT2D eigenvalue weighted by molar-refractivity contribution is 7.71. The predicted molar refractivity (Wildman–Crippen MR) is 134 cm³/mol. The van der Waals surface area contributed by atoms with E-state index in [9.17, 15) is 9.90 Å². The van der Waals surface area contributed by atoms with Crippen molar-refractivity contribution < 1.29 is 19.3 Å². The Morgan fingerprint density at radius 3 is 2.89 bits per heavy atom. The first-order valence-electron chi connectivity index (χ1n) is 11.3. The molecule has 2 N–H and O–H groups in total. The van der Waals surface area contributed by atoms with Gasteiger partial charge in [0.2, 0.25) is 18.4 Å². The molecule has 0 saturated heterocycles. The summed E-state index contributed by atoms with van der Waals surface area (Å²) in [5.41, 5.74) is 2.65. The van der Waals surface area contributed by atoms with Gasteiger partial charge in [0, 0.05) is 18.3 Å². The van der Waals surface area contributed by atoms with Crippen LogP contribution in [-0.4, -0.2) is 59.8 Å². The number of methoxy groups -OCH3 is 1. The Morgan fingerprint density at radius 2 is 2.11 bits per heavy atom. The minimum atomic E-state index is -0.487. The van der Waals surface area contributed by atoms with Gasteiger partial charge in [-0.25, -0.2) is 0 Å². The van der Waals surface area contributed by atoms with E-state index in [2.05, 4.69) is 14.9 Å². The molecule has 0 unspecified atom stereocenters. The number of hydrogen-bond donors (Lipinski definition) is 2. The number of ether oxygens (including phenoxy) is 3. The second-order valence-electron chi connectivity index (χ2n) is 8.53. The number of nitrogens with one attached hydrogen (secondary N) is 1. The van der Waals surface area contributed by atoms with Crippen molar-refractivity contribution in [2.24, 2.45) is 4.99 Å². The van der Waals surface area contributed by atoms with Crippen LogP contribution in [0.3, 0.4) is 0 Å². The summed E-state index contributed by atoms with van der Waals surface area (Å²) in [5, 5.41) is 10.9. The normalized spacial score (nSPS) is 17.0. The van der Waals surface area contributed by atoms with Crippen molar-refractivity contribution >= 4 is 18.4 Å². The molecular formula is C25H26N4O5S. The predicted octanol–water partition coefficient (Wildman–Crippen LogP) is 3.05. The maximum Gasteiger partial charge on any atom is 0.264 e. The number of likely N-dealkylation sites (N-methyl/N-ethyl adjacent to an activating group) is 1. The number of H-pyrrole nitrogens is 1. The number of nitrogens with zero attached hydrogens (tertiary/aromatic N) is 3. The van der Waals surface area contributed by atoms with Crippen LogP contribution < -0.4 is 19.8 Å². The SMILES string of the molecule is COc1c2c(cc3c1[C@@H](CN=Cc1c(O)n(Cc4ccccc4)c(=S)[nH]c1=O)N(C)CC3)OCO2. The smallest absolute Gasteiger partial charge is 0.264 e. The largest absolute Gasteiger partial charge is 0.494 e. The maximum atomic E-state index is 12.6. The number of hydrogen-bond acceptors (Lipinski definition) is 8. The molecule has 3 heterocycles. The van der Waals surface area contributed by atoms with E-state index in [1.54, 1.807) is 7.11 Å². The van der Waals surface area contributed by atoms with Gasteiger partial charge in [-0.05, 0) is 42.9 Å². The molecule has 0 amide bonds. The van der Waals surface area contributed by atoms with E-state index < -0.39 is 5.56 Å². The zero-order valence-electron chi connectivity index (χ0n) is 19.5. The summed E-state index contributed by atoms with van der Waals surface area (Å²) in [5.74, 6) is 1.73. The molecule has 0 spiro atoms. The molecule has 182 valence electrons. The molecule has 2 aliphatic heterocycles. The highest BCUT2D eigenvalue weighted by Gasteiger charge is 2.33. The van der Waals surface area contributed by atoms with Crippen LogP contribution in [0.25, 0.3) is 0 Å². The number of benzene rings is 2. The molecule has 0 radical (unpaired) electrons. The fraction of sp³-hybridized carbons (Fsp3) is 0.320. The van der Waals surface area contributed by atoms with Crippen molar-refractivity contribution in [1.29, 1.82) is 0 Å². The van der Waals surface area contributed by atoms with Crippen LogP contribution >= 0.6 is 12.2 Å². The van der Waals surface area contributed by atoms with Crippen LogP contribution in [-0.2, 0) is 13.0 Å².